The van der Waals surface area contributed by atoms with Crippen molar-refractivity contribution in [2.24, 2.45) is 0 Å². The summed E-state index contributed by atoms with van der Waals surface area (Å²) in [4.78, 5) is 24.5. The number of allylic oxidation sites excluding steroid dienone is 1. The van der Waals surface area contributed by atoms with Gasteiger partial charge in [0.1, 0.15) is 11.6 Å². The van der Waals surface area contributed by atoms with Crippen molar-refractivity contribution in [2.45, 2.75) is 0 Å². The van der Waals surface area contributed by atoms with E-state index >= 15 is 0 Å². The van der Waals surface area contributed by atoms with E-state index in [4.69, 9.17) is 20.8 Å². The lowest BCUT2D eigenvalue weighted by atomic mass is 10.1. The highest BCUT2D eigenvalue weighted by Gasteiger charge is 2.17. The summed E-state index contributed by atoms with van der Waals surface area (Å²) >= 11 is 5.94. The third kappa shape index (κ3) is 4.07. The van der Waals surface area contributed by atoms with Crippen molar-refractivity contribution in [1.29, 1.82) is 0 Å². The summed E-state index contributed by atoms with van der Waals surface area (Å²) in [7, 11) is 0. The topological polar surface area (TPSA) is 56.5 Å². The Kier molecular flexibility index (Phi) is 5.29. The number of halogens is 2. The molecule has 0 bridgehead atoms. The Balaban J connectivity index is 1.86. The molecule has 0 fully saturated rings. The number of rotatable bonds is 5. The molecule has 0 saturated carbocycles. The molecule has 130 valence electrons. The minimum absolute atomic E-state index is 0.000229. The fourth-order valence-corrected chi connectivity index (χ4v) is 2.37. The van der Waals surface area contributed by atoms with Gasteiger partial charge < -0.3 is 9.15 Å². The lowest BCUT2D eigenvalue weighted by molar-refractivity contribution is 0.0700. The molecule has 0 N–H and O–H groups in total. The van der Waals surface area contributed by atoms with E-state index in [9.17, 15) is 14.0 Å². The third-order valence-electron chi connectivity index (χ3n) is 3.45. The number of furan rings is 1. The second-order valence-electron chi connectivity index (χ2n) is 5.23. The van der Waals surface area contributed by atoms with Crippen LogP contribution in [0, 0.1) is 5.82 Å². The van der Waals surface area contributed by atoms with Crippen molar-refractivity contribution >= 4 is 29.4 Å². The SMILES string of the molecule is O=C(Oc1ccc(Cl)cc1C(=O)C=Cc1ccccc1F)c1ccco1. The summed E-state index contributed by atoms with van der Waals surface area (Å²) in [6.45, 7) is 0. The molecule has 0 aliphatic rings. The van der Waals surface area contributed by atoms with Gasteiger partial charge in [0.05, 0.1) is 11.8 Å². The third-order valence-corrected chi connectivity index (χ3v) is 3.69. The van der Waals surface area contributed by atoms with Crippen LogP contribution in [0.15, 0.2) is 71.4 Å². The van der Waals surface area contributed by atoms with E-state index < -0.39 is 17.6 Å². The molecular formula is C20H12ClFO4. The molecule has 1 aromatic heterocycles. The maximum atomic E-state index is 13.7. The maximum Gasteiger partial charge on any atom is 0.379 e. The van der Waals surface area contributed by atoms with Crippen molar-refractivity contribution < 1.29 is 23.1 Å². The van der Waals surface area contributed by atoms with Crippen molar-refractivity contribution in [3.63, 3.8) is 0 Å². The highest BCUT2D eigenvalue weighted by atomic mass is 35.5. The maximum absolute atomic E-state index is 13.7. The normalized spacial score (nSPS) is 10.8. The monoisotopic (exact) mass is 370 g/mol. The highest BCUT2D eigenvalue weighted by molar-refractivity contribution is 6.31. The minimum atomic E-state index is -0.746. The van der Waals surface area contributed by atoms with Crippen molar-refractivity contribution in [2.75, 3.05) is 0 Å². The van der Waals surface area contributed by atoms with Gasteiger partial charge in [-0.2, -0.15) is 0 Å². The molecule has 0 saturated heterocycles. The van der Waals surface area contributed by atoms with Crippen LogP contribution in [0.4, 0.5) is 4.39 Å². The predicted octanol–water partition coefficient (Wildman–Crippen LogP) is 5.19. The summed E-state index contributed by atoms with van der Waals surface area (Å²) in [5, 5.41) is 0.297. The van der Waals surface area contributed by atoms with E-state index in [2.05, 4.69) is 0 Å². The fraction of sp³-hybridized carbons (Fsp3) is 0. The molecule has 0 unspecified atom stereocenters. The van der Waals surface area contributed by atoms with Crippen LogP contribution >= 0.6 is 11.6 Å². The van der Waals surface area contributed by atoms with Gasteiger partial charge in [0.2, 0.25) is 5.76 Å². The van der Waals surface area contributed by atoms with Gasteiger partial charge in [-0.15, -0.1) is 0 Å². The second kappa shape index (κ2) is 7.80. The zero-order chi connectivity index (χ0) is 18.5. The zero-order valence-electron chi connectivity index (χ0n) is 13.3. The molecule has 3 aromatic rings. The van der Waals surface area contributed by atoms with Crippen LogP contribution in [-0.4, -0.2) is 11.8 Å². The Morgan fingerprint density at radius 2 is 1.88 bits per heavy atom. The Labute approximate surface area is 153 Å². The standard InChI is InChI=1S/C20H12ClFO4/c21-14-8-10-18(26-20(24)19-6-3-11-25-19)15(12-14)17(23)9-7-13-4-1-2-5-16(13)22/h1-12H. The van der Waals surface area contributed by atoms with Gasteiger partial charge in [-0.1, -0.05) is 29.8 Å². The van der Waals surface area contributed by atoms with Crippen LogP contribution < -0.4 is 4.74 Å². The van der Waals surface area contributed by atoms with E-state index in [0.29, 0.717) is 5.02 Å². The largest absolute Gasteiger partial charge is 0.457 e. The first-order chi connectivity index (χ1) is 12.5. The predicted molar refractivity (Wildman–Crippen MR) is 94.9 cm³/mol. The molecule has 0 amide bonds. The Hall–Kier alpha value is -3.18. The number of carbonyl (C=O) groups is 2. The molecule has 1 heterocycles. The Morgan fingerprint density at radius 3 is 2.62 bits per heavy atom. The van der Waals surface area contributed by atoms with Crippen molar-refractivity contribution in [3.05, 3.63) is 94.7 Å². The zero-order valence-corrected chi connectivity index (χ0v) is 14.1. The summed E-state index contributed by atoms with van der Waals surface area (Å²) < 4.78 is 23.8. The number of benzene rings is 2. The summed E-state index contributed by atoms with van der Waals surface area (Å²) in [6, 6.07) is 13.3. The summed E-state index contributed by atoms with van der Waals surface area (Å²) in [5.74, 6) is -1.66. The minimum Gasteiger partial charge on any atom is -0.457 e. The van der Waals surface area contributed by atoms with E-state index in [1.165, 1.54) is 54.8 Å². The van der Waals surface area contributed by atoms with Gasteiger partial charge in [-0.05, 0) is 48.6 Å². The number of carbonyl (C=O) groups excluding carboxylic acids is 2. The molecule has 6 heteroatoms. The van der Waals surface area contributed by atoms with E-state index in [-0.39, 0.29) is 22.6 Å². The van der Waals surface area contributed by atoms with E-state index in [1.807, 2.05) is 0 Å². The molecule has 0 radical (unpaired) electrons. The molecule has 2 aromatic carbocycles. The lowest BCUT2D eigenvalue weighted by Gasteiger charge is -2.07. The van der Waals surface area contributed by atoms with Gasteiger partial charge in [0.15, 0.2) is 5.78 Å². The van der Waals surface area contributed by atoms with Crippen LogP contribution in [0.3, 0.4) is 0 Å². The quantitative estimate of drug-likeness (QED) is 0.268. The molecular weight excluding hydrogens is 359 g/mol. The van der Waals surface area contributed by atoms with Gasteiger partial charge in [-0.3, -0.25) is 4.79 Å². The average Bonchev–Trinajstić information content (AvgIpc) is 3.17. The van der Waals surface area contributed by atoms with Gasteiger partial charge in [-0.25, -0.2) is 9.18 Å². The van der Waals surface area contributed by atoms with Crippen molar-refractivity contribution in [3.8, 4) is 5.75 Å². The van der Waals surface area contributed by atoms with Crippen LogP contribution in [0.2, 0.25) is 5.02 Å². The summed E-state index contributed by atoms with van der Waals surface area (Å²) in [5.41, 5.74) is 0.335. The number of hydrogen-bond donors (Lipinski definition) is 0. The van der Waals surface area contributed by atoms with Crippen LogP contribution in [0.5, 0.6) is 5.75 Å². The molecule has 3 rings (SSSR count). The molecule has 0 spiro atoms. The van der Waals surface area contributed by atoms with Crippen LogP contribution in [-0.2, 0) is 0 Å². The Bertz CT molecular complexity index is 977. The molecule has 0 aliphatic heterocycles. The number of hydrogen-bond acceptors (Lipinski definition) is 4. The average molecular weight is 371 g/mol. The number of ketones is 1. The summed E-state index contributed by atoms with van der Waals surface area (Å²) in [6.07, 6.45) is 3.87. The van der Waals surface area contributed by atoms with Crippen LogP contribution in [0.1, 0.15) is 26.5 Å². The molecule has 26 heavy (non-hydrogen) atoms. The first-order valence-corrected chi connectivity index (χ1v) is 7.94. The smallest absolute Gasteiger partial charge is 0.379 e. The first-order valence-electron chi connectivity index (χ1n) is 7.57. The lowest BCUT2D eigenvalue weighted by Crippen LogP contribution is -2.10. The van der Waals surface area contributed by atoms with E-state index in [0.717, 1.165) is 0 Å². The van der Waals surface area contributed by atoms with Gasteiger partial charge >= 0.3 is 5.97 Å². The fourth-order valence-electron chi connectivity index (χ4n) is 2.19. The molecule has 0 aliphatic carbocycles. The first kappa shape index (κ1) is 17.6. The van der Waals surface area contributed by atoms with E-state index in [1.54, 1.807) is 18.2 Å². The highest BCUT2D eigenvalue weighted by Crippen LogP contribution is 2.25. The van der Waals surface area contributed by atoms with Crippen molar-refractivity contribution in [1.82, 2.24) is 0 Å². The number of esters is 1. The van der Waals surface area contributed by atoms with Gasteiger partial charge in [0, 0.05) is 10.6 Å². The molecule has 4 nitrogen and oxygen atoms in total. The molecule has 0 atom stereocenters. The Morgan fingerprint density at radius 1 is 1.08 bits per heavy atom. The number of ether oxygens (including phenoxy) is 1. The van der Waals surface area contributed by atoms with Crippen LogP contribution in [0.25, 0.3) is 6.08 Å². The second-order valence-corrected chi connectivity index (χ2v) is 5.66. The van der Waals surface area contributed by atoms with Gasteiger partial charge in [0.25, 0.3) is 0 Å².